The zero-order valence-corrected chi connectivity index (χ0v) is 11.6. The van der Waals surface area contributed by atoms with Crippen molar-refractivity contribution in [2.45, 2.75) is 6.18 Å². The molecule has 1 aromatic heterocycles. The highest BCUT2D eigenvalue weighted by atomic mass is 19.4. The zero-order chi connectivity index (χ0) is 15.1. The molecule has 0 atom stereocenters. The molecule has 0 bridgehead atoms. The minimum atomic E-state index is -4.39. The summed E-state index contributed by atoms with van der Waals surface area (Å²) in [6.45, 7) is 0. The Morgan fingerprint density at radius 2 is 1.90 bits per heavy atom. The standard InChI is InChI=1S/C12H15F3N5/c1-18(2)11(19(3)4)20-10-7-8(12(13,14)15)5-6-9(10)16-17-20/h5-7H,1-4H3/q+1. The lowest BCUT2D eigenvalue weighted by Crippen LogP contribution is -2.36. The fourth-order valence-electron chi connectivity index (χ4n) is 2.02. The van der Waals surface area contributed by atoms with Crippen LogP contribution in [-0.2, 0) is 6.18 Å². The van der Waals surface area contributed by atoms with E-state index in [4.69, 9.17) is 0 Å². The monoisotopic (exact) mass is 286 g/mol. The highest BCUT2D eigenvalue weighted by Crippen LogP contribution is 2.30. The van der Waals surface area contributed by atoms with Crippen molar-refractivity contribution in [2.24, 2.45) is 0 Å². The molecule has 0 fully saturated rings. The Balaban J connectivity index is 2.70. The summed E-state index contributed by atoms with van der Waals surface area (Å²) >= 11 is 0. The molecule has 8 heteroatoms. The number of hydrogen-bond donors (Lipinski definition) is 0. The Morgan fingerprint density at radius 3 is 2.40 bits per heavy atom. The second kappa shape index (κ2) is 4.77. The molecule has 0 aliphatic carbocycles. The van der Waals surface area contributed by atoms with Crippen LogP contribution in [0.3, 0.4) is 0 Å². The maximum absolute atomic E-state index is 12.8. The number of alkyl halides is 3. The van der Waals surface area contributed by atoms with E-state index in [1.807, 2.05) is 0 Å². The molecule has 0 amide bonds. The smallest absolute Gasteiger partial charge is 0.268 e. The van der Waals surface area contributed by atoms with Crippen molar-refractivity contribution in [3.8, 4) is 0 Å². The molecule has 0 unspecified atom stereocenters. The summed E-state index contributed by atoms with van der Waals surface area (Å²) in [6, 6.07) is 3.39. The van der Waals surface area contributed by atoms with Gasteiger partial charge in [-0.1, -0.05) is 4.68 Å². The summed E-state index contributed by atoms with van der Waals surface area (Å²) in [5.74, 6) is 0.617. The van der Waals surface area contributed by atoms with Crippen molar-refractivity contribution in [1.82, 2.24) is 19.9 Å². The van der Waals surface area contributed by atoms with Gasteiger partial charge in [-0.15, -0.1) is 5.10 Å². The van der Waals surface area contributed by atoms with Gasteiger partial charge >= 0.3 is 12.1 Å². The normalized spacial score (nSPS) is 11.8. The number of nitrogens with zero attached hydrogens (tertiary/aromatic N) is 5. The predicted molar refractivity (Wildman–Crippen MR) is 68.7 cm³/mol. The van der Waals surface area contributed by atoms with Crippen molar-refractivity contribution >= 4 is 17.0 Å². The molecular weight excluding hydrogens is 271 g/mol. The first kappa shape index (κ1) is 14.3. The highest BCUT2D eigenvalue weighted by Gasteiger charge is 2.32. The van der Waals surface area contributed by atoms with Gasteiger partial charge in [-0.2, -0.15) is 13.2 Å². The first-order valence-corrected chi connectivity index (χ1v) is 5.86. The minimum absolute atomic E-state index is 0.317. The molecule has 0 aliphatic heterocycles. The van der Waals surface area contributed by atoms with Crippen LogP contribution in [0.5, 0.6) is 0 Å². The molecule has 0 radical (unpaired) electrons. The van der Waals surface area contributed by atoms with Crippen LogP contribution < -0.4 is 0 Å². The van der Waals surface area contributed by atoms with E-state index < -0.39 is 11.7 Å². The highest BCUT2D eigenvalue weighted by molar-refractivity contribution is 5.88. The predicted octanol–water partition coefficient (Wildman–Crippen LogP) is 1.49. The number of benzene rings is 1. The van der Waals surface area contributed by atoms with E-state index in [1.54, 1.807) is 37.7 Å². The summed E-state index contributed by atoms with van der Waals surface area (Å²) in [5.41, 5.74) is 0.0156. The third-order valence-electron chi connectivity index (χ3n) is 2.76. The van der Waals surface area contributed by atoms with E-state index in [-0.39, 0.29) is 0 Å². The minimum Gasteiger partial charge on any atom is -0.268 e. The molecule has 0 spiro atoms. The van der Waals surface area contributed by atoms with Crippen LogP contribution in [0.15, 0.2) is 18.2 Å². The summed E-state index contributed by atoms with van der Waals surface area (Å²) in [4.78, 5) is 1.76. The third kappa shape index (κ3) is 2.45. The van der Waals surface area contributed by atoms with E-state index in [0.29, 0.717) is 17.0 Å². The summed E-state index contributed by atoms with van der Waals surface area (Å²) in [7, 11) is 7.15. The first-order valence-electron chi connectivity index (χ1n) is 5.86. The largest absolute Gasteiger partial charge is 0.416 e. The molecule has 108 valence electrons. The maximum Gasteiger partial charge on any atom is 0.416 e. The fourth-order valence-corrected chi connectivity index (χ4v) is 2.02. The van der Waals surface area contributed by atoms with Gasteiger partial charge in [0.2, 0.25) is 0 Å². The summed E-state index contributed by atoms with van der Waals surface area (Å²) in [5, 5.41) is 7.84. The lowest BCUT2D eigenvalue weighted by molar-refractivity contribution is -0.472. The SMILES string of the molecule is CN(C)C(n1nnc2ccc(C(F)(F)F)cc21)=[N+](C)C. The van der Waals surface area contributed by atoms with Crippen molar-refractivity contribution in [3.05, 3.63) is 23.8 Å². The molecule has 2 rings (SSSR count). The van der Waals surface area contributed by atoms with E-state index in [2.05, 4.69) is 10.3 Å². The number of halogens is 3. The van der Waals surface area contributed by atoms with Gasteiger partial charge in [0, 0.05) is 5.21 Å². The molecule has 20 heavy (non-hydrogen) atoms. The Kier molecular flexibility index (Phi) is 3.41. The van der Waals surface area contributed by atoms with Crippen molar-refractivity contribution < 1.29 is 17.7 Å². The lowest BCUT2D eigenvalue weighted by Gasteiger charge is -2.11. The van der Waals surface area contributed by atoms with E-state index in [9.17, 15) is 13.2 Å². The topological polar surface area (TPSA) is 37.0 Å². The molecule has 1 heterocycles. The Hall–Kier alpha value is -2.12. The number of aromatic nitrogens is 3. The lowest BCUT2D eigenvalue weighted by atomic mass is 10.2. The first-order chi connectivity index (χ1) is 9.21. The van der Waals surface area contributed by atoms with Gasteiger partial charge in [-0.05, 0) is 18.2 Å². The van der Waals surface area contributed by atoms with Crippen LogP contribution in [0.25, 0.3) is 11.0 Å². The second-order valence-electron chi connectivity index (χ2n) is 4.79. The molecule has 0 aliphatic rings. The molecule has 0 N–H and O–H groups in total. The number of hydrogen-bond acceptors (Lipinski definition) is 2. The van der Waals surface area contributed by atoms with Crippen LogP contribution in [-0.4, -0.2) is 58.6 Å². The third-order valence-corrected chi connectivity index (χ3v) is 2.76. The van der Waals surface area contributed by atoms with Gasteiger partial charge in [0.25, 0.3) is 0 Å². The van der Waals surface area contributed by atoms with E-state index in [1.165, 1.54) is 10.7 Å². The maximum atomic E-state index is 12.8. The van der Waals surface area contributed by atoms with Gasteiger partial charge in [-0.25, -0.2) is 0 Å². The fraction of sp³-hybridized carbons (Fsp3) is 0.417. The molecule has 0 saturated carbocycles. The summed E-state index contributed by atoms with van der Waals surface area (Å²) in [6.07, 6.45) is -4.39. The van der Waals surface area contributed by atoms with Gasteiger partial charge in [-0.3, -0.25) is 9.48 Å². The van der Waals surface area contributed by atoms with Crippen LogP contribution in [0, 0.1) is 0 Å². The Morgan fingerprint density at radius 1 is 1.25 bits per heavy atom. The molecular formula is C12H15F3N5+. The van der Waals surface area contributed by atoms with Crippen molar-refractivity contribution in [1.29, 1.82) is 0 Å². The van der Waals surface area contributed by atoms with Crippen molar-refractivity contribution in [2.75, 3.05) is 28.2 Å². The zero-order valence-electron chi connectivity index (χ0n) is 11.6. The van der Waals surface area contributed by atoms with E-state index >= 15 is 0 Å². The van der Waals surface area contributed by atoms with Gasteiger partial charge < -0.3 is 0 Å². The van der Waals surface area contributed by atoms with E-state index in [0.717, 1.165) is 12.1 Å². The van der Waals surface area contributed by atoms with Crippen molar-refractivity contribution in [3.63, 3.8) is 0 Å². The molecule has 1 aromatic carbocycles. The quantitative estimate of drug-likeness (QED) is 0.418. The van der Waals surface area contributed by atoms with Gasteiger partial charge in [0.1, 0.15) is 5.52 Å². The van der Waals surface area contributed by atoms with Crippen LogP contribution in [0.2, 0.25) is 0 Å². The average molecular weight is 286 g/mol. The Bertz CT molecular complexity index is 665. The molecule has 2 aromatic rings. The van der Waals surface area contributed by atoms with Crippen LogP contribution in [0.4, 0.5) is 13.2 Å². The van der Waals surface area contributed by atoms with Crippen LogP contribution in [0.1, 0.15) is 5.56 Å². The number of fused-ring (bicyclic) bond motifs is 1. The second-order valence-corrected chi connectivity index (χ2v) is 4.79. The Labute approximate surface area is 113 Å². The molecule has 5 nitrogen and oxygen atoms in total. The van der Waals surface area contributed by atoms with Crippen LogP contribution >= 0.6 is 0 Å². The summed E-state index contributed by atoms with van der Waals surface area (Å²) < 4.78 is 41.5. The number of rotatable bonds is 0. The van der Waals surface area contributed by atoms with Gasteiger partial charge in [0.05, 0.1) is 33.8 Å². The molecule has 0 saturated heterocycles. The van der Waals surface area contributed by atoms with Gasteiger partial charge in [0.15, 0.2) is 5.52 Å². The average Bonchev–Trinajstić information content (AvgIpc) is 2.70.